The van der Waals surface area contributed by atoms with Crippen LogP contribution in [-0.4, -0.2) is 60.0 Å². The lowest BCUT2D eigenvalue weighted by Crippen LogP contribution is -2.56. The van der Waals surface area contributed by atoms with Gasteiger partial charge in [-0.3, -0.25) is 9.59 Å². The van der Waals surface area contributed by atoms with Gasteiger partial charge < -0.3 is 15.5 Å². The van der Waals surface area contributed by atoms with Crippen molar-refractivity contribution in [2.24, 2.45) is 23.7 Å². The molecule has 6 unspecified atom stereocenters. The molecule has 4 fully saturated rings. The average molecular weight is 617 g/mol. The Bertz CT molecular complexity index is 1370. The fourth-order valence-electron chi connectivity index (χ4n) is 7.80. The van der Waals surface area contributed by atoms with Crippen LogP contribution in [0.4, 0.5) is 0 Å². The molecule has 6 atom stereocenters. The van der Waals surface area contributed by atoms with Crippen LogP contribution in [0.5, 0.6) is 0 Å². The van der Waals surface area contributed by atoms with E-state index >= 15 is 0 Å². The second-order valence-electron chi connectivity index (χ2n) is 12.2. The van der Waals surface area contributed by atoms with Crippen molar-refractivity contribution in [3.63, 3.8) is 0 Å². The molecule has 2 aliphatic heterocycles. The van der Waals surface area contributed by atoms with E-state index in [9.17, 15) is 23.1 Å². The zero-order chi connectivity index (χ0) is 29.9. The van der Waals surface area contributed by atoms with Gasteiger partial charge in [0.25, 0.3) is 0 Å². The number of fused-ring (bicyclic) bond motifs is 2. The summed E-state index contributed by atoms with van der Waals surface area (Å²) < 4.78 is 28.7. The van der Waals surface area contributed by atoms with Gasteiger partial charge in [0.05, 0.1) is 4.90 Å². The Kier molecular flexibility index (Phi) is 9.92. The largest absolute Gasteiger partial charge is 0.480 e. The highest BCUT2D eigenvalue weighted by molar-refractivity contribution is 7.89. The van der Waals surface area contributed by atoms with E-state index in [-0.39, 0.29) is 29.3 Å². The van der Waals surface area contributed by atoms with Crippen LogP contribution in [0.2, 0.25) is 5.02 Å². The first-order valence-electron chi connectivity index (χ1n) is 15.2. The van der Waals surface area contributed by atoms with E-state index in [0.29, 0.717) is 28.8 Å². The van der Waals surface area contributed by atoms with Crippen molar-refractivity contribution < 1.29 is 28.2 Å². The van der Waals surface area contributed by atoms with Crippen LogP contribution in [0.3, 0.4) is 0 Å². The van der Waals surface area contributed by atoms with Gasteiger partial charge in [-0.05, 0) is 73.6 Å². The maximum atomic E-state index is 13.7. The van der Waals surface area contributed by atoms with Crippen LogP contribution in [0.1, 0.15) is 64.2 Å². The number of carbonyl (C=O) groups is 2. The van der Waals surface area contributed by atoms with E-state index in [1.807, 2.05) is 30.3 Å². The second kappa shape index (κ2) is 13.5. The Hall–Kier alpha value is -2.46. The van der Waals surface area contributed by atoms with Crippen molar-refractivity contribution in [1.29, 1.82) is 0 Å². The number of nitrogens with one attached hydrogen (secondary N) is 1. The van der Waals surface area contributed by atoms with Crippen molar-refractivity contribution in [2.75, 3.05) is 13.1 Å². The predicted molar refractivity (Wildman–Crippen MR) is 162 cm³/mol. The van der Waals surface area contributed by atoms with Crippen molar-refractivity contribution in [1.82, 2.24) is 9.62 Å². The van der Waals surface area contributed by atoms with E-state index in [4.69, 9.17) is 16.7 Å². The van der Waals surface area contributed by atoms with Crippen molar-refractivity contribution in [3.8, 4) is 11.1 Å². The lowest BCUT2D eigenvalue weighted by molar-refractivity contribution is -0.146. The smallest absolute Gasteiger partial charge is 0.322 e. The van der Waals surface area contributed by atoms with Crippen LogP contribution in [0.15, 0.2) is 53.4 Å². The monoisotopic (exact) mass is 616 g/mol. The zero-order valence-electron chi connectivity index (χ0n) is 23.8. The first kappa shape index (κ1) is 31.0. The lowest BCUT2D eigenvalue weighted by Gasteiger charge is -2.45. The summed E-state index contributed by atoms with van der Waals surface area (Å²) >= 11 is 6.16. The molecule has 2 saturated carbocycles. The zero-order valence-corrected chi connectivity index (χ0v) is 25.4. The molecule has 10 heteroatoms. The molecule has 42 heavy (non-hydrogen) atoms. The van der Waals surface area contributed by atoms with Crippen LogP contribution in [0, 0.1) is 23.7 Å². The van der Waals surface area contributed by atoms with Crippen LogP contribution >= 0.6 is 11.6 Å². The SMILES string of the molecule is O=C(O)C1C2CCCCC2CCN1S(=O)(=O)c1cc(Cl)ccc1-c1ccccc1.O=C(O)C1NCCC2CCCCC21. The standard InChI is InChI=1S/C22H24ClNO4S.C10H17NO2/c23-17-10-11-18(15-6-2-1-3-7-15)20(14-17)29(27,28)24-13-12-16-8-4-5-9-19(16)21(24)22(25)26;12-10(13)9-8-4-2-1-3-7(8)5-6-11-9/h1-3,6-7,10-11,14,16,19,21H,4-5,8-9,12-13H2,(H,25,26);7-9,11H,1-6H2,(H,12,13). The van der Waals surface area contributed by atoms with E-state index < -0.39 is 28.0 Å². The van der Waals surface area contributed by atoms with Gasteiger partial charge >= 0.3 is 11.9 Å². The predicted octanol–water partition coefficient (Wildman–Crippen LogP) is 5.90. The summed E-state index contributed by atoms with van der Waals surface area (Å²) in [7, 11) is -4.04. The molecule has 228 valence electrons. The van der Waals surface area contributed by atoms with Gasteiger partial charge in [0.2, 0.25) is 10.0 Å². The van der Waals surface area contributed by atoms with E-state index in [1.165, 1.54) is 36.1 Å². The first-order chi connectivity index (χ1) is 20.2. The van der Waals surface area contributed by atoms with Crippen LogP contribution in [0.25, 0.3) is 11.1 Å². The molecular formula is C32H41ClN2O6S. The number of hydrogen-bond donors (Lipinski definition) is 3. The third kappa shape index (κ3) is 6.54. The molecule has 0 spiro atoms. The highest BCUT2D eigenvalue weighted by Crippen LogP contribution is 2.43. The van der Waals surface area contributed by atoms with E-state index in [0.717, 1.165) is 44.2 Å². The number of piperidine rings is 2. The second-order valence-corrected chi connectivity index (χ2v) is 14.5. The highest BCUT2D eigenvalue weighted by atomic mass is 35.5. The van der Waals surface area contributed by atoms with Crippen molar-refractivity contribution >= 4 is 33.6 Å². The Morgan fingerprint density at radius 3 is 2.12 bits per heavy atom. The summed E-state index contributed by atoms with van der Waals surface area (Å²) in [5.41, 5.74) is 1.28. The molecule has 2 heterocycles. The number of carboxylic acid groups (broad SMARTS) is 2. The number of rotatable bonds is 5. The van der Waals surface area contributed by atoms with Gasteiger partial charge in [-0.25, -0.2) is 8.42 Å². The maximum Gasteiger partial charge on any atom is 0.322 e. The molecule has 0 radical (unpaired) electrons. The van der Waals surface area contributed by atoms with E-state index in [1.54, 1.807) is 12.1 Å². The minimum atomic E-state index is -4.04. The summed E-state index contributed by atoms with van der Waals surface area (Å²) in [6.07, 6.45) is 10.5. The molecule has 0 amide bonds. The number of sulfonamides is 1. The molecule has 2 saturated heterocycles. The van der Waals surface area contributed by atoms with Crippen molar-refractivity contribution in [2.45, 2.75) is 81.2 Å². The summed E-state index contributed by atoms with van der Waals surface area (Å²) in [6.45, 7) is 1.11. The minimum absolute atomic E-state index is 0.0664. The minimum Gasteiger partial charge on any atom is -0.480 e. The molecule has 8 nitrogen and oxygen atoms in total. The lowest BCUT2D eigenvalue weighted by atomic mass is 9.71. The average Bonchev–Trinajstić information content (AvgIpc) is 3.00. The molecule has 2 aliphatic carbocycles. The van der Waals surface area contributed by atoms with Gasteiger partial charge in [0.1, 0.15) is 12.1 Å². The third-order valence-corrected chi connectivity index (χ3v) is 12.0. The summed E-state index contributed by atoms with van der Waals surface area (Å²) in [5.74, 6) is -0.491. The highest BCUT2D eigenvalue weighted by Gasteiger charge is 2.48. The summed E-state index contributed by atoms with van der Waals surface area (Å²) in [6, 6.07) is 12.7. The fraction of sp³-hybridized carbons (Fsp3) is 0.562. The molecule has 0 aromatic heterocycles. The summed E-state index contributed by atoms with van der Waals surface area (Å²) in [5, 5.41) is 22.4. The number of benzene rings is 2. The summed E-state index contributed by atoms with van der Waals surface area (Å²) in [4.78, 5) is 23.2. The number of hydrogen-bond acceptors (Lipinski definition) is 5. The number of aliphatic carboxylic acids is 2. The van der Waals surface area contributed by atoms with Gasteiger partial charge in [0.15, 0.2) is 0 Å². The first-order valence-corrected chi connectivity index (χ1v) is 17.1. The molecule has 2 aromatic rings. The quantitative estimate of drug-likeness (QED) is 0.382. The van der Waals surface area contributed by atoms with E-state index in [2.05, 4.69) is 5.32 Å². The maximum absolute atomic E-state index is 13.7. The fourth-order valence-corrected chi connectivity index (χ4v) is 9.92. The Morgan fingerprint density at radius 1 is 0.810 bits per heavy atom. The number of carboxylic acids is 2. The van der Waals surface area contributed by atoms with Gasteiger partial charge in [-0.1, -0.05) is 86.5 Å². The Labute approximate surface area is 253 Å². The Balaban J connectivity index is 0.000000226. The van der Waals surface area contributed by atoms with Crippen LogP contribution in [-0.2, 0) is 19.6 Å². The normalized spacial score (nSPS) is 29.7. The molecule has 4 aliphatic rings. The molecule has 2 aromatic carbocycles. The van der Waals surface area contributed by atoms with Gasteiger partial charge in [0, 0.05) is 17.1 Å². The molecular weight excluding hydrogens is 576 g/mol. The molecule has 6 rings (SSSR count). The van der Waals surface area contributed by atoms with Crippen molar-refractivity contribution in [3.05, 3.63) is 53.6 Å². The molecule has 0 bridgehead atoms. The molecule has 3 N–H and O–H groups in total. The van der Waals surface area contributed by atoms with Crippen LogP contribution < -0.4 is 5.32 Å². The third-order valence-electron chi connectivity index (χ3n) is 9.81. The van der Waals surface area contributed by atoms with Gasteiger partial charge in [-0.15, -0.1) is 0 Å². The topological polar surface area (TPSA) is 124 Å². The Morgan fingerprint density at radius 2 is 1.45 bits per heavy atom. The number of nitrogens with zero attached hydrogens (tertiary/aromatic N) is 1. The van der Waals surface area contributed by atoms with Gasteiger partial charge in [-0.2, -0.15) is 4.31 Å². The number of halogens is 1.